The molecule has 11 heteroatoms. The number of carbonyl (C=O) groups excluding carboxylic acids is 1. The average molecular weight is 413 g/mol. The Labute approximate surface area is 174 Å². The Balaban J connectivity index is 1.39. The Bertz CT molecular complexity index is 1440. The first kappa shape index (κ1) is 18.4. The second-order valence-corrected chi connectivity index (χ2v) is 6.60. The number of rotatable bonds is 5. The average Bonchev–Trinajstić information content (AvgIpc) is 3.43. The molecule has 0 spiro atoms. The molecule has 0 radical (unpaired) electrons. The maximum Gasteiger partial charge on any atom is 0.261 e. The summed E-state index contributed by atoms with van der Waals surface area (Å²) in [6, 6.07) is 16.5. The first-order valence-corrected chi connectivity index (χ1v) is 9.33. The fourth-order valence-electron chi connectivity index (χ4n) is 3.13. The summed E-state index contributed by atoms with van der Waals surface area (Å²) in [5.74, 6) is 0.0971. The minimum absolute atomic E-state index is 0.119. The van der Waals surface area contributed by atoms with Gasteiger partial charge in [-0.25, -0.2) is 9.67 Å². The molecule has 5 rings (SSSR count). The van der Waals surface area contributed by atoms with E-state index in [9.17, 15) is 9.59 Å². The van der Waals surface area contributed by atoms with Crippen molar-refractivity contribution in [3.63, 3.8) is 0 Å². The second-order valence-electron chi connectivity index (χ2n) is 6.60. The number of para-hydroxylation sites is 2. The van der Waals surface area contributed by atoms with Crippen molar-refractivity contribution in [2.24, 2.45) is 0 Å². The predicted molar refractivity (Wildman–Crippen MR) is 111 cm³/mol. The first-order chi connectivity index (χ1) is 15.2. The molecule has 2 N–H and O–H groups in total. The highest BCUT2D eigenvalue weighted by Crippen LogP contribution is 2.22. The number of tetrazole rings is 1. The molecule has 0 aliphatic rings. The molecule has 152 valence electrons. The number of nitrogens with one attached hydrogen (secondary N) is 2. The number of aromatic nitrogens is 8. The van der Waals surface area contributed by atoms with Crippen LogP contribution >= 0.6 is 0 Å². The molecule has 0 aliphatic carbocycles. The van der Waals surface area contributed by atoms with Gasteiger partial charge in [-0.15, -0.1) is 10.2 Å². The minimum atomic E-state index is -0.341. The summed E-state index contributed by atoms with van der Waals surface area (Å²) < 4.78 is 1.50. The third kappa shape index (κ3) is 3.55. The predicted octanol–water partition coefficient (Wildman–Crippen LogP) is 1.40. The Kier molecular flexibility index (Phi) is 4.52. The molecule has 0 atom stereocenters. The number of amides is 1. The van der Waals surface area contributed by atoms with Gasteiger partial charge in [-0.2, -0.15) is 9.90 Å². The number of aromatic amines is 1. The van der Waals surface area contributed by atoms with Gasteiger partial charge in [0.15, 0.2) is 5.65 Å². The van der Waals surface area contributed by atoms with E-state index in [1.807, 2.05) is 30.3 Å². The molecule has 3 heterocycles. The number of hydrogen-bond acceptors (Lipinski definition) is 7. The molecular weight excluding hydrogens is 398 g/mol. The molecule has 2 aromatic carbocycles. The Hall–Kier alpha value is -4.67. The lowest BCUT2D eigenvalue weighted by atomic mass is 10.2. The maximum absolute atomic E-state index is 12.6. The standard InChI is InChI=1S/C20H15N9O2/c30-17(11-28-26-18(25-27-28)13-6-2-1-3-7-13)24-15-8-4-5-9-16(15)29-19-14(10-23-29)20(31)22-12-21-19/h1-10,12H,11H2,(H,24,30)(H,21,22,31). The number of hydrogen-bond donors (Lipinski definition) is 2. The first-order valence-electron chi connectivity index (χ1n) is 9.33. The van der Waals surface area contributed by atoms with Gasteiger partial charge in [-0.1, -0.05) is 42.5 Å². The topological polar surface area (TPSA) is 136 Å². The highest BCUT2D eigenvalue weighted by molar-refractivity contribution is 5.93. The van der Waals surface area contributed by atoms with E-state index in [0.29, 0.717) is 28.2 Å². The van der Waals surface area contributed by atoms with E-state index < -0.39 is 0 Å². The van der Waals surface area contributed by atoms with Gasteiger partial charge >= 0.3 is 0 Å². The molecule has 0 unspecified atom stereocenters. The zero-order valence-corrected chi connectivity index (χ0v) is 16.0. The van der Waals surface area contributed by atoms with Crippen molar-refractivity contribution < 1.29 is 4.79 Å². The van der Waals surface area contributed by atoms with E-state index >= 15 is 0 Å². The van der Waals surface area contributed by atoms with Gasteiger partial charge in [0.1, 0.15) is 11.9 Å². The van der Waals surface area contributed by atoms with E-state index in [1.54, 1.807) is 24.3 Å². The highest BCUT2D eigenvalue weighted by atomic mass is 16.2. The van der Waals surface area contributed by atoms with Crippen molar-refractivity contribution in [2.75, 3.05) is 5.32 Å². The van der Waals surface area contributed by atoms with Gasteiger partial charge in [-0.3, -0.25) is 9.59 Å². The smallest absolute Gasteiger partial charge is 0.261 e. The Morgan fingerprint density at radius 3 is 2.74 bits per heavy atom. The van der Waals surface area contributed by atoms with E-state index in [2.05, 4.69) is 35.8 Å². The van der Waals surface area contributed by atoms with Crippen LogP contribution in [0.25, 0.3) is 28.1 Å². The zero-order valence-electron chi connectivity index (χ0n) is 16.0. The third-order valence-corrected chi connectivity index (χ3v) is 4.55. The number of nitrogens with zero attached hydrogens (tertiary/aromatic N) is 7. The molecular formula is C20H15N9O2. The molecule has 0 saturated heterocycles. The molecule has 0 aliphatic heterocycles. The van der Waals surface area contributed by atoms with Crippen molar-refractivity contribution in [2.45, 2.75) is 6.54 Å². The summed E-state index contributed by atoms with van der Waals surface area (Å²) in [4.78, 5) is 32.5. The number of carbonyl (C=O) groups is 1. The summed E-state index contributed by atoms with van der Waals surface area (Å²) in [7, 11) is 0. The summed E-state index contributed by atoms with van der Waals surface area (Å²) in [6.07, 6.45) is 2.74. The fourth-order valence-corrected chi connectivity index (χ4v) is 3.13. The molecule has 0 saturated carbocycles. The highest BCUT2D eigenvalue weighted by Gasteiger charge is 2.15. The van der Waals surface area contributed by atoms with Crippen molar-refractivity contribution in [1.82, 2.24) is 40.0 Å². The molecule has 11 nitrogen and oxygen atoms in total. The van der Waals surface area contributed by atoms with Crippen LogP contribution in [-0.2, 0) is 11.3 Å². The quantitative estimate of drug-likeness (QED) is 0.444. The van der Waals surface area contributed by atoms with Crippen molar-refractivity contribution in [3.8, 4) is 17.1 Å². The summed E-state index contributed by atoms with van der Waals surface area (Å²) in [6.45, 7) is -0.119. The van der Waals surface area contributed by atoms with Crippen LogP contribution in [0.15, 0.2) is 71.9 Å². The molecule has 0 fully saturated rings. The van der Waals surface area contributed by atoms with Crippen LogP contribution in [0.1, 0.15) is 0 Å². The van der Waals surface area contributed by atoms with Crippen LogP contribution in [0.3, 0.4) is 0 Å². The van der Waals surface area contributed by atoms with Crippen LogP contribution in [-0.4, -0.2) is 45.9 Å². The van der Waals surface area contributed by atoms with Gasteiger partial charge in [0, 0.05) is 5.56 Å². The zero-order chi connectivity index (χ0) is 21.2. The number of H-pyrrole nitrogens is 1. The van der Waals surface area contributed by atoms with Crippen molar-refractivity contribution in [3.05, 3.63) is 77.5 Å². The maximum atomic E-state index is 12.6. The second kappa shape index (κ2) is 7.63. The van der Waals surface area contributed by atoms with Gasteiger partial charge in [0.2, 0.25) is 11.7 Å². The molecule has 3 aromatic heterocycles. The lowest BCUT2D eigenvalue weighted by molar-refractivity contribution is -0.117. The Morgan fingerprint density at radius 2 is 1.87 bits per heavy atom. The van der Waals surface area contributed by atoms with Gasteiger partial charge < -0.3 is 10.3 Å². The Morgan fingerprint density at radius 1 is 1.06 bits per heavy atom. The number of benzene rings is 2. The molecule has 0 bridgehead atoms. The van der Waals surface area contributed by atoms with Crippen molar-refractivity contribution in [1.29, 1.82) is 0 Å². The minimum Gasteiger partial charge on any atom is -0.323 e. The number of anilines is 1. The lowest BCUT2D eigenvalue weighted by Crippen LogP contribution is -2.21. The van der Waals surface area contributed by atoms with E-state index in [4.69, 9.17) is 0 Å². The molecule has 31 heavy (non-hydrogen) atoms. The van der Waals surface area contributed by atoms with Gasteiger partial charge in [-0.05, 0) is 17.3 Å². The summed E-state index contributed by atoms with van der Waals surface area (Å²) in [5.41, 5.74) is 1.98. The van der Waals surface area contributed by atoms with Crippen LogP contribution in [0.2, 0.25) is 0 Å². The SMILES string of the molecule is O=C(Cn1nnc(-c2ccccc2)n1)Nc1ccccc1-n1ncc2c(=O)[nH]cnc21. The van der Waals surface area contributed by atoms with E-state index in [-0.39, 0.29) is 18.0 Å². The summed E-state index contributed by atoms with van der Waals surface area (Å²) in [5, 5.41) is 19.6. The third-order valence-electron chi connectivity index (χ3n) is 4.55. The van der Waals surface area contributed by atoms with Crippen molar-refractivity contribution >= 4 is 22.6 Å². The van der Waals surface area contributed by atoms with E-state index in [0.717, 1.165) is 5.56 Å². The van der Waals surface area contributed by atoms with Crippen LogP contribution in [0, 0.1) is 0 Å². The van der Waals surface area contributed by atoms with Gasteiger partial charge in [0.25, 0.3) is 5.56 Å². The van der Waals surface area contributed by atoms with Crippen LogP contribution < -0.4 is 10.9 Å². The fraction of sp³-hybridized carbons (Fsp3) is 0.0500. The van der Waals surface area contributed by atoms with Gasteiger partial charge in [0.05, 0.1) is 23.9 Å². The molecule has 5 aromatic rings. The van der Waals surface area contributed by atoms with Crippen LogP contribution in [0.4, 0.5) is 5.69 Å². The monoisotopic (exact) mass is 413 g/mol. The molecule has 1 amide bonds. The number of fused-ring (bicyclic) bond motifs is 1. The summed E-state index contributed by atoms with van der Waals surface area (Å²) >= 11 is 0. The normalized spacial score (nSPS) is 11.0. The largest absolute Gasteiger partial charge is 0.323 e. The lowest BCUT2D eigenvalue weighted by Gasteiger charge is -2.11. The van der Waals surface area contributed by atoms with Crippen LogP contribution in [0.5, 0.6) is 0 Å². The van der Waals surface area contributed by atoms with E-state index in [1.165, 1.54) is 22.0 Å².